The molecule has 1 aliphatic rings. The highest BCUT2D eigenvalue weighted by Gasteiger charge is 2.22. The zero-order chi connectivity index (χ0) is 16.4. The van der Waals surface area contributed by atoms with Gasteiger partial charge in [0.2, 0.25) is 0 Å². The molecule has 6 nitrogen and oxygen atoms in total. The molecule has 124 valence electrons. The minimum atomic E-state index is -0.605. The van der Waals surface area contributed by atoms with Gasteiger partial charge in [-0.15, -0.1) is 0 Å². The maximum atomic E-state index is 12.3. The predicted octanol–water partition coefficient (Wildman–Crippen LogP) is 1.91. The molecule has 0 spiro atoms. The summed E-state index contributed by atoms with van der Waals surface area (Å²) in [5, 5.41) is 0.0521. The number of hydrogen-bond donors (Lipinski definition) is 2. The third kappa shape index (κ3) is 3.46. The normalized spacial score (nSPS) is 14.5. The van der Waals surface area contributed by atoms with Gasteiger partial charge in [0.1, 0.15) is 11.0 Å². The Morgan fingerprint density at radius 1 is 1.17 bits per heavy atom. The second-order valence-corrected chi connectivity index (χ2v) is 6.47. The van der Waals surface area contributed by atoms with Gasteiger partial charge in [-0.05, 0) is 25.2 Å². The largest absolute Gasteiger partial charge is 0.331 e. The van der Waals surface area contributed by atoms with Crippen molar-refractivity contribution in [3.05, 3.63) is 42.8 Å². The minimum Gasteiger partial charge on any atom is -0.331 e. The van der Waals surface area contributed by atoms with Crippen LogP contribution in [0.1, 0.15) is 51.1 Å². The van der Waals surface area contributed by atoms with Crippen LogP contribution in [-0.4, -0.2) is 14.5 Å². The van der Waals surface area contributed by atoms with E-state index < -0.39 is 11.2 Å². The van der Waals surface area contributed by atoms with Crippen LogP contribution in [0.3, 0.4) is 0 Å². The fraction of sp³-hybridized carbons (Fsp3) is 0.588. The molecule has 2 heterocycles. The van der Waals surface area contributed by atoms with Crippen LogP contribution in [0.25, 0.3) is 11.0 Å². The number of nitrogens with zero attached hydrogens (tertiary/aromatic N) is 1. The smallest absolute Gasteiger partial charge is 0.327 e. The maximum absolute atomic E-state index is 12.3. The van der Waals surface area contributed by atoms with Gasteiger partial charge in [-0.1, -0.05) is 32.6 Å². The summed E-state index contributed by atoms with van der Waals surface area (Å²) in [6.07, 6.45) is 7.53. The van der Waals surface area contributed by atoms with Crippen molar-refractivity contribution in [1.29, 1.82) is 0 Å². The molecule has 2 N–H and O–H groups in total. The van der Waals surface area contributed by atoms with E-state index in [4.69, 9.17) is 0 Å². The fourth-order valence-electron chi connectivity index (χ4n) is 3.09. The molecule has 1 aliphatic carbocycles. The zero-order valence-corrected chi connectivity index (χ0v) is 13.5. The molecule has 0 amide bonds. The van der Waals surface area contributed by atoms with E-state index in [0.717, 1.165) is 43.7 Å². The van der Waals surface area contributed by atoms with Crippen molar-refractivity contribution < 1.29 is 0 Å². The van der Waals surface area contributed by atoms with E-state index in [1.807, 2.05) is 4.57 Å². The standard InChI is InChI=1S/C17H23N3O3/c1-2-3-4-9-20-12(8-7-11-5-6-11)10-13(21)14-15(20)18-17(23)19-16(14)22/h10-11H,2-9H2,1H3,(H2,18,19,22,23). The SMILES string of the molecule is CCCCCn1c(CCC2CC2)cc(=O)c2c(=O)[nH]c(=O)[nH]c21. The summed E-state index contributed by atoms with van der Waals surface area (Å²) >= 11 is 0. The van der Waals surface area contributed by atoms with Gasteiger partial charge >= 0.3 is 5.69 Å². The van der Waals surface area contributed by atoms with Crippen molar-refractivity contribution in [3.63, 3.8) is 0 Å². The van der Waals surface area contributed by atoms with E-state index in [9.17, 15) is 14.4 Å². The van der Waals surface area contributed by atoms with Crippen LogP contribution < -0.4 is 16.7 Å². The molecular weight excluding hydrogens is 294 g/mol. The Morgan fingerprint density at radius 3 is 2.65 bits per heavy atom. The van der Waals surface area contributed by atoms with E-state index in [2.05, 4.69) is 16.9 Å². The molecule has 23 heavy (non-hydrogen) atoms. The van der Waals surface area contributed by atoms with Crippen molar-refractivity contribution in [2.24, 2.45) is 5.92 Å². The van der Waals surface area contributed by atoms with Crippen LogP contribution in [-0.2, 0) is 13.0 Å². The average Bonchev–Trinajstić information content (AvgIpc) is 3.31. The first-order valence-corrected chi connectivity index (χ1v) is 8.49. The Kier molecular flexibility index (Phi) is 4.50. The topological polar surface area (TPSA) is 87.7 Å². The number of fused-ring (bicyclic) bond motifs is 1. The molecule has 0 aromatic carbocycles. The van der Waals surface area contributed by atoms with Gasteiger partial charge in [-0.3, -0.25) is 19.6 Å². The van der Waals surface area contributed by atoms with E-state index in [1.54, 1.807) is 6.07 Å². The molecule has 0 saturated heterocycles. The first-order valence-electron chi connectivity index (χ1n) is 8.49. The zero-order valence-electron chi connectivity index (χ0n) is 13.5. The highest BCUT2D eigenvalue weighted by Crippen LogP contribution is 2.33. The van der Waals surface area contributed by atoms with Crippen LogP contribution >= 0.6 is 0 Å². The van der Waals surface area contributed by atoms with E-state index in [0.29, 0.717) is 12.2 Å². The number of aryl methyl sites for hydroxylation is 2. The van der Waals surface area contributed by atoms with Crippen LogP contribution in [0.4, 0.5) is 0 Å². The molecule has 6 heteroatoms. The van der Waals surface area contributed by atoms with Crippen LogP contribution in [0.2, 0.25) is 0 Å². The number of unbranched alkanes of at least 4 members (excludes halogenated alkanes) is 2. The van der Waals surface area contributed by atoms with Crippen molar-refractivity contribution >= 4 is 11.0 Å². The number of aromatic amines is 2. The van der Waals surface area contributed by atoms with Gasteiger partial charge in [-0.2, -0.15) is 0 Å². The summed E-state index contributed by atoms with van der Waals surface area (Å²) in [6, 6.07) is 1.57. The average molecular weight is 317 g/mol. The summed E-state index contributed by atoms with van der Waals surface area (Å²) in [5.41, 5.74) is -0.188. The molecule has 0 atom stereocenters. The quantitative estimate of drug-likeness (QED) is 0.765. The lowest BCUT2D eigenvalue weighted by Crippen LogP contribution is -2.29. The number of rotatable bonds is 7. The van der Waals surface area contributed by atoms with Crippen molar-refractivity contribution in [1.82, 2.24) is 14.5 Å². The molecule has 0 bridgehead atoms. The first kappa shape index (κ1) is 15.8. The van der Waals surface area contributed by atoms with Gasteiger partial charge in [0.05, 0.1) is 0 Å². The molecule has 0 unspecified atom stereocenters. The second kappa shape index (κ2) is 6.56. The Labute approximate surface area is 133 Å². The van der Waals surface area contributed by atoms with Crippen LogP contribution in [0.15, 0.2) is 20.4 Å². The number of H-pyrrole nitrogens is 2. The number of nitrogens with one attached hydrogen (secondary N) is 2. The molecule has 2 aromatic heterocycles. The minimum absolute atomic E-state index is 0.0521. The molecule has 0 radical (unpaired) electrons. The van der Waals surface area contributed by atoms with E-state index >= 15 is 0 Å². The Morgan fingerprint density at radius 2 is 1.96 bits per heavy atom. The predicted molar refractivity (Wildman–Crippen MR) is 90.0 cm³/mol. The number of aromatic nitrogens is 3. The molecule has 3 rings (SSSR count). The molecular formula is C17H23N3O3. The first-order chi connectivity index (χ1) is 11.1. The number of hydrogen-bond acceptors (Lipinski definition) is 3. The van der Waals surface area contributed by atoms with Gasteiger partial charge in [0, 0.05) is 18.3 Å². The Hall–Kier alpha value is -2.11. The van der Waals surface area contributed by atoms with Crippen LogP contribution in [0, 0.1) is 5.92 Å². The third-order valence-electron chi connectivity index (χ3n) is 4.57. The molecule has 0 aliphatic heterocycles. The lowest BCUT2D eigenvalue weighted by Gasteiger charge is -2.16. The number of pyridine rings is 1. The summed E-state index contributed by atoms with van der Waals surface area (Å²) in [4.78, 5) is 40.8. The fourth-order valence-corrected chi connectivity index (χ4v) is 3.09. The van der Waals surface area contributed by atoms with E-state index in [-0.39, 0.29) is 10.8 Å². The molecule has 1 fully saturated rings. The summed E-state index contributed by atoms with van der Waals surface area (Å²) in [7, 11) is 0. The summed E-state index contributed by atoms with van der Waals surface area (Å²) in [5.74, 6) is 0.767. The maximum Gasteiger partial charge on any atom is 0.327 e. The lowest BCUT2D eigenvalue weighted by molar-refractivity contribution is 0.577. The Bertz CT molecular complexity index is 871. The lowest BCUT2D eigenvalue weighted by atomic mass is 10.1. The molecule has 1 saturated carbocycles. The van der Waals surface area contributed by atoms with Gasteiger partial charge in [-0.25, -0.2) is 4.79 Å². The third-order valence-corrected chi connectivity index (χ3v) is 4.57. The van der Waals surface area contributed by atoms with E-state index in [1.165, 1.54) is 12.8 Å². The van der Waals surface area contributed by atoms with Gasteiger partial charge < -0.3 is 4.57 Å². The Balaban J connectivity index is 2.11. The van der Waals surface area contributed by atoms with Gasteiger partial charge in [0.25, 0.3) is 5.56 Å². The summed E-state index contributed by atoms with van der Waals surface area (Å²) in [6.45, 7) is 2.84. The van der Waals surface area contributed by atoms with Crippen LogP contribution in [0.5, 0.6) is 0 Å². The van der Waals surface area contributed by atoms with Crippen molar-refractivity contribution in [3.8, 4) is 0 Å². The van der Waals surface area contributed by atoms with Crippen molar-refractivity contribution in [2.45, 2.75) is 58.4 Å². The summed E-state index contributed by atoms with van der Waals surface area (Å²) < 4.78 is 1.96. The second-order valence-electron chi connectivity index (χ2n) is 6.47. The van der Waals surface area contributed by atoms with Gasteiger partial charge in [0.15, 0.2) is 5.43 Å². The highest BCUT2D eigenvalue weighted by atomic mass is 16.2. The highest BCUT2D eigenvalue weighted by molar-refractivity contribution is 5.73. The molecule has 2 aromatic rings. The van der Waals surface area contributed by atoms with Crippen molar-refractivity contribution in [2.75, 3.05) is 0 Å². The monoisotopic (exact) mass is 317 g/mol.